The number of allylic oxidation sites excluding steroid dienone is 2. The molecule has 0 atom stereocenters. The average Bonchev–Trinajstić information content (AvgIpc) is 2.72. The van der Waals surface area contributed by atoms with Gasteiger partial charge in [0.25, 0.3) is 0 Å². The van der Waals surface area contributed by atoms with E-state index in [4.69, 9.17) is 11.6 Å². The standard InChI is InChI=1S/C25H19ClO3/c26-21-10-15-25(19-4-2-1-3-5-19)20(16-21)9-14-24(29)17-23(28)13-8-18-6-11-22(27)12-7-18/h1-16,27H,17H2/b13-8+,14-9+. The molecule has 3 nitrogen and oxygen atoms in total. The van der Waals surface area contributed by atoms with Crippen LogP contribution in [0, 0.1) is 0 Å². The molecule has 0 heterocycles. The lowest BCUT2D eigenvalue weighted by atomic mass is 9.99. The van der Waals surface area contributed by atoms with Gasteiger partial charge in [0.05, 0.1) is 6.42 Å². The van der Waals surface area contributed by atoms with E-state index in [-0.39, 0.29) is 23.7 Å². The van der Waals surface area contributed by atoms with Gasteiger partial charge in [-0.3, -0.25) is 9.59 Å². The first-order valence-electron chi connectivity index (χ1n) is 9.07. The first kappa shape index (κ1) is 20.3. The summed E-state index contributed by atoms with van der Waals surface area (Å²) in [6.45, 7) is 0. The van der Waals surface area contributed by atoms with Gasteiger partial charge >= 0.3 is 0 Å². The van der Waals surface area contributed by atoms with Gasteiger partial charge in [-0.25, -0.2) is 0 Å². The maximum atomic E-state index is 12.2. The van der Waals surface area contributed by atoms with Crippen LogP contribution < -0.4 is 0 Å². The Balaban J connectivity index is 1.68. The zero-order valence-corrected chi connectivity index (χ0v) is 16.3. The van der Waals surface area contributed by atoms with Crippen LogP contribution in [0.25, 0.3) is 23.3 Å². The number of hydrogen-bond donors (Lipinski definition) is 1. The molecule has 0 unspecified atom stereocenters. The van der Waals surface area contributed by atoms with Crippen molar-refractivity contribution in [1.82, 2.24) is 0 Å². The van der Waals surface area contributed by atoms with Crippen LogP contribution in [0.5, 0.6) is 5.75 Å². The fourth-order valence-electron chi connectivity index (χ4n) is 2.80. The molecule has 0 saturated heterocycles. The number of ketones is 2. The van der Waals surface area contributed by atoms with Crippen LogP contribution in [-0.4, -0.2) is 16.7 Å². The van der Waals surface area contributed by atoms with Crippen molar-refractivity contribution in [2.75, 3.05) is 0 Å². The largest absolute Gasteiger partial charge is 0.508 e. The summed E-state index contributed by atoms with van der Waals surface area (Å²) in [6, 6.07) is 21.8. The van der Waals surface area contributed by atoms with Gasteiger partial charge in [-0.15, -0.1) is 0 Å². The number of carbonyl (C=O) groups excluding carboxylic acids is 2. The fourth-order valence-corrected chi connectivity index (χ4v) is 2.98. The number of aromatic hydroxyl groups is 1. The molecule has 0 fully saturated rings. The summed E-state index contributed by atoms with van der Waals surface area (Å²) >= 11 is 6.12. The highest BCUT2D eigenvalue weighted by Gasteiger charge is 2.06. The summed E-state index contributed by atoms with van der Waals surface area (Å²) < 4.78 is 0. The average molecular weight is 403 g/mol. The molecule has 0 aliphatic rings. The maximum Gasteiger partial charge on any atom is 0.163 e. The van der Waals surface area contributed by atoms with Gasteiger partial charge in [0.1, 0.15) is 5.75 Å². The Morgan fingerprint density at radius 3 is 2.17 bits per heavy atom. The lowest BCUT2D eigenvalue weighted by Crippen LogP contribution is -2.02. The molecule has 0 amide bonds. The highest BCUT2D eigenvalue weighted by Crippen LogP contribution is 2.27. The number of carbonyl (C=O) groups is 2. The highest BCUT2D eigenvalue weighted by molar-refractivity contribution is 6.30. The lowest BCUT2D eigenvalue weighted by Gasteiger charge is -2.07. The molecule has 29 heavy (non-hydrogen) atoms. The van der Waals surface area contributed by atoms with Crippen LogP contribution in [0.15, 0.2) is 84.9 Å². The van der Waals surface area contributed by atoms with E-state index < -0.39 is 0 Å². The van der Waals surface area contributed by atoms with Crippen LogP contribution >= 0.6 is 11.6 Å². The summed E-state index contributed by atoms with van der Waals surface area (Å²) in [4.78, 5) is 24.2. The summed E-state index contributed by atoms with van der Waals surface area (Å²) in [5.41, 5.74) is 3.55. The molecule has 3 aromatic carbocycles. The predicted octanol–water partition coefficient (Wildman–Crippen LogP) is 5.97. The predicted molar refractivity (Wildman–Crippen MR) is 118 cm³/mol. The minimum atomic E-state index is -0.290. The van der Waals surface area contributed by atoms with Crippen molar-refractivity contribution in [3.63, 3.8) is 0 Å². The van der Waals surface area contributed by atoms with Crippen molar-refractivity contribution >= 4 is 35.3 Å². The molecule has 0 bridgehead atoms. The van der Waals surface area contributed by atoms with Crippen LogP contribution in [0.3, 0.4) is 0 Å². The van der Waals surface area contributed by atoms with Gasteiger partial charge in [0.2, 0.25) is 0 Å². The second-order valence-corrected chi connectivity index (χ2v) is 6.90. The Labute approximate surface area is 174 Å². The van der Waals surface area contributed by atoms with Crippen LogP contribution in [0.2, 0.25) is 5.02 Å². The molecule has 3 aromatic rings. The Morgan fingerprint density at radius 1 is 0.828 bits per heavy atom. The first-order chi connectivity index (χ1) is 14.0. The Morgan fingerprint density at radius 2 is 1.48 bits per heavy atom. The SMILES string of the molecule is O=C(/C=C/c1ccc(O)cc1)CC(=O)/C=C/c1cc(Cl)ccc1-c1ccccc1. The molecular weight excluding hydrogens is 384 g/mol. The van der Waals surface area contributed by atoms with Gasteiger partial charge in [-0.2, -0.15) is 0 Å². The molecule has 0 radical (unpaired) electrons. The minimum absolute atomic E-state index is 0.157. The van der Waals surface area contributed by atoms with Crippen LogP contribution in [0.4, 0.5) is 0 Å². The molecule has 0 aliphatic heterocycles. The summed E-state index contributed by atoms with van der Waals surface area (Å²) in [7, 11) is 0. The molecular formula is C25H19ClO3. The number of phenolic OH excluding ortho intramolecular Hbond substituents is 1. The van der Waals surface area contributed by atoms with Crippen molar-refractivity contribution in [2.24, 2.45) is 0 Å². The molecule has 0 spiro atoms. The number of hydrogen-bond acceptors (Lipinski definition) is 3. The van der Waals surface area contributed by atoms with Gasteiger partial charge in [-0.05, 0) is 58.7 Å². The highest BCUT2D eigenvalue weighted by atomic mass is 35.5. The number of benzene rings is 3. The number of rotatable bonds is 7. The van der Waals surface area contributed by atoms with Crippen molar-refractivity contribution in [2.45, 2.75) is 6.42 Å². The van der Waals surface area contributed by atoms with Gasteiger partial charge in [0.15, 0.2) is 11.6 Å². The van der Waals surface area contributed by atoms with E-state index in [0.717, 1.165) is 22.3 Å². The maximum absolute atomic E-state index is 12.2. The normalized spacial score (nSPS) is 11.2. The fraction of sp³-hybridized carbons (Fsp3) is 0.0400. The van der Waals surface area contributed by atoms with E-state index >= 15 is 0 Å². The molecule has 3 rings (SSSR count). The third-order valence-corrected chi connectivity index (χ3v) is 4.49. The second-order valence-electron chi connectivity index (χ2n) is 6.47. The molecule has 144 valence electrons. The van der Waals surface area contributed by atoms with E-state index in [1.165, 1.54) is 24.3 Å². The number of phenols is 1. The second kappa shape index (κ2) is 9.67. The zero-order valence-electron chi connectivity index (χ0n) is 15.6. The van der Waals surface area contributed by atoms with E-state index in [1.54, 1.807) is 36.4 Å². The number of halogens is 1. The Kier molecular flexibility index (Phi) is 6.77. The van der Waals surface area contributed by atoms with E-state index in [0.29, 0.717) is 5.02 Å². The van der Waals surface area contributed by atoms with Crippen molar-refractivity contribution in [3.05, 3.63) is 101 Å². The van der Waals surface area contributed by atoms with Gasteiger partial charge in [0, 0.05) is 5.02 Å². The first-order valence-corrected chi connectivity index (χ1v) is 9.45. The summed E-state index contributed by atoms with van der Waals surface area (Å²) in [5, 5.41) is 9.84. The molecule has 0 saturated carbocycles. The summed E-state index contributed by atoms with van der Waals surface area (Å²) in [6.07, 6.45) is 5.86. The van der Waals surface area contributed by atoms with E-state index in [1.807, 2.05) is 36.4 Å². The lowest BCUT2D eigenvalue weighted by molar-refractivity contribution is -0.121. The van der Waals surface area contributed by atoms with Gasteiger partial charge in [-0.1, -0.05) is 72.3 Å². The van der Waals surface area contributed by atoms with E-state index in [9.17, 15) is 14.7 Å². The summed E-state index contributed by atoms with van der Waals surface area (Å²) in [5.74, 6) is -0.420. The topological polar surface area (TPSA) is 54.4 Å². The van der Waals surface area contributed by atoms with E-state index in [2.05, 4.69) is 0 Å². The monoisotopic (exact) mass is 402 g/mol. The third-order valence-electron chi connectivity index (χ3n) is 4.25. The van der Waals surface area contributed by atoms with Crippen molar-refractivity contribution in [1.29, 1.82) is 0 Å². The van der Waals surface area contributed by atoms with Crippen LogP contribution in [0.1, 0.15) is 17.5 Å². The quantitative estimate of drug-likeness (QED) is 0.391. The molecule has 1 N–H and O–H groups in total. The van der Waals surface area contributed by atoms with Gasteiger partial charge < -0.3 is 5.11 Å². The third kappa shape index (κ3) is 6.03. The zero-order chi connectivity index (χ0) is 20.6. The van der Waals surface area contributed by atoms with Crippen molar-refractivity contribution < 1.29 is 14.7 Å². The minimum Gasteiger partial charge on any atom is -0.508 e. The smallest absolute Gasteiger partial charge is 0.163 e. The molecule has 0 aromatic heterocycles. The Hall–Kier alpha value is -3.43. The molecule has 0 aliphatic carbocycles. The Bertz CT molecular complexity index is 1060. The van der Waals surface area contributed by atoms with Crippen molar-refractivity contribution in [3.8, 4) is 16.9 Å². The molecule has 4 heteroatoms. The van der Waals surface area contributed by atoms with Crippen LogP contribution in [-0.2, 0) is 9.59 Å².